The molecule has 0 aliphatic carbocycles. The second kappa shape index (κ2) is 5.79. The highest BCUT2D eigenvalue weighted by atomic mass is 79.9. The largest absolute Gasteiger partial charge is 0.462 e. The van der Waals surface area contributed by atoms with E-state index in [1.165, 1.54) is 0 Å². The molecule has 106 valence electrons. The van der Waals surface area contributed by atoms with E-state index in [1.807, 2.05) is 23.6 Å². The fourth-order valence-electron chi connectivity index (χ4n) is 2.24. The Bertz CT molecular complexity index is 688. The molecular formula is C15H16BrNO3. The van der Waals surface area contributed by atoms with Crippen molar-refractivity contribution in [1.29, 1.82) is 0 Å². The Morgan fingerprint density at radius 2 is 2.05 bits per heavy atom. The number of halogens is 1. The van der Waals surface area contributed by atoms with Crippen LogP contribution in [0.5, 0.6) is 0 Å². The van der Waals surface area contributed by atoms with Gasteiger partial charge in [0.25, 0.3) is 0 Å². The predicted octanol–water partition coefficient (Wildman–Crippen LogP) is 3.78. The number of Topliss-reactive ketones (excluding diaryl/α,β-unsaturated/α-hetero) is 1. The first-order chi connectivity index (χ1) is 9.51. The lowest BCUT2D eigenvalue weighted by Gasteiger charge is -2.13. The molecule has 0 aliphatic rings. The lowest BCUT2D eigenvalue weighted by Crippen LogP contribution is -2.14. The van der Waals surface area contributed by atoms with Crippen LogP contribution in [0.4, 0.5) is 0 Å². The summed E-state index contributed by atoms with van der Waals surface area (Å²) in [6, 6.07) is 3.61. The number of ketones is 1. The highest BCUT2D eigenvalue weighted by Crippen LogP contribution is 2.26. The maximum atomic E-state index is 12.2. The summed E-state index contributed by atoms with van der Waals surface area (Å²) in [6.07, 6.45) is 2.21. The van der Waals surface area contributed by atoms with Gasteiger partial charge in [-0.2, -0.15) is 0 Å². The molecule has 0 amide bonds. The minimum atomic E-state index is -0.397. The molecule has 0 N–H and O–H groups in total. The second-order valence-corrected chi connectivity index (χ2v) is 5.30. The summed E-state index contributed by atoms with van der Waals surface area (Å²) in [5, 5.41) is 0. The SMILES string of the molecule is CCOC(=O)c1cc2c(Br)ccn2c(C(=O)CC)c1C. The number of aromatic nitrogens is 1. The summed E-state index contributed by atoms with van der Waals surface area (Å²) in [4.78, 5) is 24.2. The monoisotopic (exact) mass is 337 g/mol. The minimum Gasteiger partial charge on any atom is -0.462 e. The first-order valence-electron chi connectivity index (χ1n) is 6.51. The number of esters is 1. The van der Waals surface area contributed by atoms with Gasteiger partial charge in [0, 0.05) is 17.1 Å². The van der Waals surface area contributed by atoms with Gasteiger partial charge in [0.2, 0.25) is 0 Å². The molecule has 0 atom stereocenters. The summed E-state index contributed by atoms with van der Waals surface area (Å²) < 4.78 is 7.72. The number of nitrogens with zero attached hydrogens (tertiary/aromatic N) is 1. The third kappa shape index (κ3) is 2.38. The molecule has 0 unspecified atom stereocenters. The lowest BCUT2D eigenvalue weighted by molar-refractivity contribution is 0.0525. The van der Waals surface area contributed by atoms with E-state index in [0.29, 0.717) is 29.8 Å². The fourth-order valence-corrected chi connectivity index (χ4v) is 2.66. The first kappa shape index (κ1) is 14.8. The van der Waals surface area contributed by atoms with Crippen molar-refractivity contribution in [1.82, 2.24) is 4.40 Å². The van der Waals surface area contributed by atoms with E-state index < -0.39 is 5.97 Å². The van der Waals surface area contributed by atoms with E-state index in [1.54, 1.807) is 19.9 Å². The van der Waals surface area contributed by atoms with Crippen molar-refractivity contribution in [2.45, 2.75) is 27.2 Å². The number of ether oxygens (including phenoxy) is 1. The summed E-state index contributed by atoms with van der Waals surface area (Å²) >= 11 is 3.43. The quantitative estimate of drug-likeness (QED) is 0.630. The maximum Gasteiger partial charge on any atom is 0.338 e. The average molecular weight is 338 g/mol. The van der Waals surface area contributed by atoms with Gasteiger partial charge in [0.15, 0.2) is 5.78 Å². The molecule has 2 aromatic heterocycles. The Kier molecular flexibility index (Phi) is 4.28. The van der Waals surface area contributed by atoms with Gasteiger partial charge in [-0.1, -0.05) is 6.92 Å². The standard InChI is InChI=1S/C15H16BrNO3/c1-4-13(18)14-9(3)10(15(19)20-5-2)8-12-11(16)6-7-17(12)14/h6-8H,4-5H2,1-3H3. The number of hydrogen-bond acceptors (Lipinski definition) is 3. The predicted molar refractivity (Wildman–Crippen MR) is 80.4 cm³/mol. The molecule has 0 fully saturated rings. The van der Waals surface area contributed by atoms with E-state index >= 15 is 0 Å². The third-order valence-corrected chi connectivity index (χ3v) is 3.91. The number of hydrogen-bond donors (Lipinski definition) is 0. The van der Waals surface area contributed by atoms with E-state index in [0.717, 1.165) is 9.99 Å². The highest BCUT2D eigenvalue weighted by Gasteiger charge is 2.21. The number of rotatable bonds is 4. The molecule has 0 saturated carbocycles. The van der Waals surface area contributed by atoms with Gasteiger partial charge < -0.3 is 9.14 Å². The Morgan fingerprint density at radius 3 is 2.65 bits per heavy atom. The van der Waals surface area contributed by atoms with Crippen LogP contribution in [-0.2, 0) is 4.74 Å². The highest BCUT2D eigenvalue weighted by molar-refractivity contribution is 9.10. The molecule has 0 saturated heterocycles. The van der Waals surface area contributed by atoms with Gasteiger partial charge in [-0.3, -0.25) is 4.79 Å². The van der Waals surface area contributed by atoms with Crippen LogP contribution in [0.15, 0.2) is 22.8 Å². The van der Waals surface area contributed by atoms with Gasteiger partial charge in [-0.25, -0.2) is 4.79 Å². The third-order valence-electron chi connectivity index (χ3n) is 3.24. The minimum absolute atomic E-state index is 0.00162. The Morgan fingerprint density at radius 1 is 1.35 bits per heavy atom. The Balaban J connectivity index is 2.77. The van der Waals surface area contributed by atoms with Crippen molar-refractivity contribution in [3.8, 4) is 0 Å². The van der Waals surface area contributed by atoms with Crippen LogP contribution in [0.3, 0.4) is 0 Å². The number of pyridine rings is 1. The van der Waals surface area contributed by atoms with Crippen molar-refractivity contribution in [2.24, 2.45) is 0 Å². The summed E-state index contributed by atoms with van der Waals surface area (Å²) in [5.41, 5.74) is 2.43. The van der Waals surface area contributed by atoms with Gasteiger partial charge in [0.1, 0.15) is 0 Å². The van der Waals surface area contributed by atoms with Gasteiger partial charge in [0.05, 0.1) is 23.4 Å². The summed E-state index contributed by atoms with van der Waals surface area (Å²) in [7, 11) is 0. The smallest absolute Gasteiger partial charge is 0.338 e. The van der Waals surface area contributed by atoms with Crippen LogP contribution < -0.4 is 0 Å². The molecular weight excluding hydrogens is 322 g/mol. The topological polar surface area (TPSA) is 47.8 Å². The van der Waals surface area contributed by atoms with Crippen LogP contribution in [0.2, 0.25) is 0 Å². The van der Waals surface area contributed by atoms with Crippen LogP contribution in [-0.4, -0.2) is 22.8 Å². The average Bonchev–Trinajstić information content (AvgIpc) is 2.78. The zero-order valence-corrected chi connectivity index (χ0v) is 13.3. The first-order valence-corrected chi connectivity index (χ1v) is 7.31. The lowest BCUT2D eigenvalue weighted by atomic mass is 10.0. The number of carbonyl (C=O) groups excluding carboxylic acids is 2. The fraction of sp³-hybridized carbons (Fsp3) is 0.333. The molecule has 0 aliphatic heterocycles. The zero-order valence-electron chi connectivity index (χ0n) is 11.7. The van der Waals surface area contributed by atoms with Gasteiger partial charge in [-0.05, 0) is 47.5 Å². The summed E-state index contributed by atoms with van der Waals surface area (Å²) in [6.45, 7) is 5.66. The van der Waals surface area contributed by atoms with Crippen molar-refractivity contribution in [3.63, 3.8) is 0 Å². The van der Waals surface area contributed by atoms with E-state index in [9.17, 15) is 9.59 Å². The van der Waals surface area contributed by atoms with Crippen LogP contribution in [0.1, 0.15) is 46.7 Å². The van der Waals surface area contributed by atoms with Gasteiger partial charge in [-0.15, -0.1) is 0 Å². The number of carbonyl (C=O) groups is 2. The van der Waals surface area contributed by atoms with Crippen LogP contribution in [0.25, 0.3) is 5.52 Å². The Hall–Kier alpha value is -1.62. The van der Waals surface area contributed by atoms with E-state index in [-0.39, 0.29) is 5.78 Å². The second-order valence-electron chi connectivity index (χ2n) is 4.45. The van der Waals surface area contributed by atoms with Crippen molar-refractivity contribution < 1.29 is 14.3 Å². The molecule has 0 spiro atoms. The molecule has 5 heteroatoms. The normalized spacial score (nSPS) is 10.8. The van der Waals surface area contributed by atoms with E-state index in [2.05, 4.69) is 15.9 Å². The molecule has 2 heterocycles. The Labute approximate surface area is 125 Å². The molecule has 0 aromatic carbocycles. The molecule has 20 heavy (non-hydrogen) atoms. The van der Waals surface area contributed by atoms with E-state index in [4.69, 9.17) is 4.74 Å². The molecule has 0 bridgehead atoms. The van der Waals surface area contributed by atoms with Crippen LogP contribution >= 0.6 is 15.9 Å². The molecule has 4 nitrogen and oxygen atoms in total. The van der Waals surface area contributed by atoms with Crippen molar-refractivity contribution in [2.75, 3.05) is 6.61 Å². The summed E-state index contributed by atoms with van der Waals surface area (Å²) in [5.74, 6) is -0.396. The zero-order chi connectivity index (χ0) is 14.9. The number of fused-ring (bicyclic) bond motifs is 1. The van der Waals surface area contributed by atoms with Crippen molar-refractivity contribution in [3.05, 3.63) is 39.6 Å². The molecule has 2 aromatic rings. The maximum absolute atomic E-state index is 12.2. The molecule has 2 rings (SSSR count). The van der Waals surface area contributed by atoms with Crippen molar-refractivity contribution >= 4 is 33.2 Å². The van der Waals surface area contributed by atoms with Crippen LogP contribution in [0, 0.1) is 6.92 Å². The molecule has 0 radical (unpaired) electrons. The van der Waals surface area contributed by atoms with Gasteiger partial charge >= 0.3 is 5.97 Å².